The summed E-state index contributed by atoms with van der Waals surface area (Å²) in [6, 6.07) is 0. The summed E-state index contributed by atoms with van der Waals surface area (Å²) >= 11 is 3.88. The minimum atomic E-state index is -1.22. The lowest BCUT2D eigenvalue weighted by molar-refractivity contribution is 0.0150. The average molecular weight is 209 g/mol. The standard InChI is InChI=1S/C5H10O3.C3H9NS/c1-5(2,3)8-4(6)7;1-2-3(4)5/h1-3H3,(H,6,7);3,5H,2,4H2,1H3. The second-order valence-electron chi connectivity index (χ2n) is 3.46. The van der Waals surface area contributed by atoms with Crippen LogP contribution in [0.1, 0.15) is 34.1 Å². The van der Waals surface area contributed by atoms with Gasteiger partial charge >= 0.3 is 6.16 Å². The highest BCUT2D eigenvalue weighted by Crippen LogP contribution is 2.05. The molecule has 0 fully saturated rings. The molecule has 0 radical (unpaired) electrons. The molecule has 0 bridgehead atoms. The first-order chi connectivity index (χ1) is 5.69. The van der Waals surface area contributed by atoms with Crippen molar-refractivity contribution < 1.29 is 14.6 Å². The van der Waals surface area contributed by atoms with Crippen molar-refractivity contribution in [2.45, 2.75) is 45.1 Å². The van der Waals surface area contributed by atoms with Crippen molar-refractivity contribution in [1.29, 1.82) is 0 Å². The van der Waals surface area contributed by atoms with Crippen LogP contribution >= 0.6 is 12.6 Å². The van der Waals surface area contributed by atoms with Crippen LogP contribution in [0.2, 0.25) is 0 Å². The summed E-state index contributed by atoms with van der Waals surface area (Å²) in [5, 5.41) is 8.11. The Labute approximate surface area is 84.9 Å². The van der Waals surface area contributed by atoms with Crippen molar-refractivity contribution in [3.05, 3.63) is 0 Å². The maximum Gasteiger partial charge on any atom is 0.506 e. The molecular formula is C8H19NO3S. The predicted molar refractivity (Wildman–Crippen MR) is 56.1 cm³/mol. The van der Waals surface area contributed by atoms with Crippen molar-refractivity contribution in [3.63, 3.8) is 0 Å². The smallest absolute Gasteiger partial charge is 0.450 e. The van der Waals surface area contributed by atoms with E-state index >= 15 is 0 Å². The summed E-state index contributed by atoms with van der Waals surface area (Å²) < 4.78 is 4.35. The third-order valence-electron chi connectivity index (χ3n) is 0.812. The Hall–Kier alpha value is -0.420. The molecule has 1 atom stereocenters. The molecule has 0 amide bonds. The Kier molecular flexibility index (Phi) is 8.15. The summed E-state index contributed by atoms with van der Waals surface area (Å²) in [7, 11) is 0. The normalized spacial score (nSPS) is 12.5. The van der Waals surface area contributed by atoms with Gasteiger partial charge in [-0.1, -0.05) is 6.92 Å². The van der Waals surface area contributed by atoms with Crippen LogP contribution in [-0.4, -0.2) is 22.2 Å². The van der Waals surface area contributed by atoms with Crippen LogP contribution in [0.25, 0.3) is 0 Å². The van der Waals surface area contributed by atoms with E-state index in [9.17, 15) is 4.79 Å². The van der Waals surface area contributed by atoms with Gasteiger partial charge in [0.15, 0.2) is 0 Å². The van der Waals surface area contributed by atoms with Crippen LogP contribution in [0.4, 0.5) is 4.79 Å². The van der Waals surface area contributed by atoms with E-state index in [1.807, 2.05) is 6.92 Å². The van der Waals surface area contributed by atoms with E-state index in [0.29, 0.717) is 0 Å². The summed E-state index contributed by atoms with van der Waals surface area (Å²) in [6.45, 7) is 7.04. The van der Waals surface area contributed by atoms with Gasteiger partial charge in [0.2, 0.25) is 0 Å². The summed E-state index contributed by atoms with van der Waals surface area (Å²) in [6.07, 6.45) is -0.277. The number of carbonyl (C=O) groups is 1. The zero-order valence-corrected chi connectivity index (χ0v) is 9.47. The maximum absolute atomic E-state index is 9.79. The fourth-order valence-corrected chi connectivity index (χ4v) is 0.262. The molecule has 0 rings (SSSR count). The quantitative estimate of drug-likeness (QED) is 0.351. The van der Waals surface area contributed by atoms with Gasteiger partial charge in [-0.2, -0.15) is 12.6 Å². The molecule has 1 unspecified atom stereocenters. The van der Waals surface area contributed by atoms with Gasteiger partial charge in [-0.05, 0) is 27.2 Å². The molecule has 0 aromatic heterocycles. The molecule has 80 valence electrons. The van der Waals surface area contributed by atoms with Gasteiger partial charge < -0.3 is 15.6 Å². The van der Waals surface area contributed by atoms with E-state index in [1.54, 1.807) is 20.8 Å². The summed E-state index contributed by atoms with van der Waals surface area (Å²) in [5.74, 6) is 0. The van der Waals surface area contributed by atoms with Crippen LogP contribution in [-0.2, 0) is 4.74 Å². The fraction of sp³-hybridized carbons (Fsp3) is 0.875. The van der Waals surface area contributed by atoms with Crippen molar-refractivity contribution in [3.8, 4) is 0 Å². The second kappa shape index (κ2) is 7.03. The zero-order valence-electron chi connectivity index (χ0n) is 8.57. The lowest BCUT2D eigenvalue weighted by atomic mass is 10.2. The average Bonchev–Trinajstić information content (AvgIpc) is 1.83. The van der Waals surface area contributed by atoms with E-state index in [0.717, 1.165) is 6.42 Å². The molecule has 0 saturated carbocycles. The number of hydrogen-bond donors (Lipinski definition) is 3. The van der Waals surface area contributed by atoms with Gasteiger partial charge in [-0.25, -0.2) is 4.79 Å². The molecule has 0 heterocycles. The van der Waals surface area contributed by atoms with Crippen LogP contribution in [0, 0.1) is 0 Å². The predicted octanol–water partition coefficient (Wildman–Crippen LogP) is 2.09. The summed E-state index contributed by atoms with van der Waals surface area (Å²) in [5.41, 5.74) is 4.58. The molecule has 13 heavy (non-hydrogen) atoms. The number of thiol groups is 1. The Morgan fingerprint density at radius 2 is 1.92 bits per heavy atom. The number of hydrogen-bond acceptors (Lipinski definition) is 4. The maximum atomic E-state index is 9.79. The minimum Gasteiger partial charge on any atom is -0.450 e. The minimum absolute atomic E-state index is 0.0787. The molecule has 0 spiro atoms. The van der Waals surface area contributed by atoms with Gasteiger partial charge in [0, 0.05) is 5.37 Å². The third kappa shape index (κ3) is 24.5. The largest absolute Gasteiger partial charge is 0.506 e. The molecule has 0 aliphatic rings. The van der Waals surface area contributed by atoms with Crippen molar-refractivity contribution in [2.24, 2.45) is 5.73 Å². The lowest BCUT2D eigenvalue weighted by Crippen LogP contribution is -2.22. The molecule has 0 aliphatic heterocycles. The van der Waals surface area contributed by atoms with Crippen LogP contribution in [0.15, 0.2) is 0 Å². The highest BCUT2D eigenvalue weighted by atomic mass is 32.1. The Balaban J connectivity index is 0. The van der Waals surface area contributed by atoms with Gasteiger partial charge in [-0.3, -0.25) is 0 Å². The lowest BCUT2D eigenvalue weighted by Gasteiger charge is -2.15. The zero-order chi connectivity index (χ0) is 11.1. The fourth-order valence-electron chi connectivity index (χ4n) is 0.262. The van der Waals surface area contributed by atoms with Crippen LogP contribution in [0.5, 0.6) is 0 Å². The molecule has 4 nitrogen and oxygen atoms in total. The van der Waals surface area contributed by atoms with Crippen molar-refractivity contribution in [1.82, 2.24) is 0 Å². The molecule has 0 aromatic carbocycles. The number of carboxylic acid groups (broad SMARTS) is 1. The van der Waals surface area contributed by atoms with Gasteiger partial charge in [0.05, 0.1) is 0 Å². The molecule has 0 aliphatic carbocycles. The Morgan fingerprint density at radius 1 is 1.62 bits per heavy atom. The van der Waals surface area contributed by atoms with E-state index in [2.05, 4.69) is 17.4 Å². The Bertz CT molecular complexity index is 143. The van der Waals surface area contributed by atoms with Crippen LogP contribution < -0.4 is 5.73 Å². The van der Waals surface area contributed by atoms with Crippen molar-refractivity contribution in [2.75, 3.05) is 0 Å². The highest BCUT2D eigenvalue weighted by molar-refractivity contribution is 7.80. The van der Waals surface area contributed by atoms with Crippen LogP contribution in [0.3, 0.4) is 0 Å². The second-order valence-corrected chi connectivity index (χ2v) is 4.12. The molecular weight excluding hydrogens is 190 g/mol. The van der Waals surface area contributed by atoms with Gasteiger partial charge in [0.25, 0.3) is 0 Å². The molecule has 5 heteroatoms. The first-order valence-electron chi connectivity index (χ1n) is 4.04. The SMILES string of the molecule is CC(C)(C)OC(=O)O.CCC(N)S. The Morgan fingerprint density at radius 3 is 1.92 bits per heavy atom. The number of nitrogens with two attached hydrogens (primary N) is 1. The number of ether oxygens (including phenoxy) is 1. The third-order valence-corrected chi connectivity index (χ3v) is 1.18. The van der Waals surface area contributed by atoms with E-state index in [1.165, 1.54) is 0 Å². The van der Waals surface area contributed by atoms with E-state index in [-0.39, 0.29) is 5.37 Å². The highest BCUT2D eigenvalue weighted by Gasteiger charge is 2.13. The monoisotopic (exact) mass is 209 g/mol. The molecule has 0 aromatic rings. The number of rotatable bonds is 1. The first-order valence-corrected chi connectivity index (χ1v) is 4.56. The molecule has 3 N–H and O–H groups in total. The topological polar surface area (TPSA) is 72.5 Å². The molecule has 0 saturated heterocycles. The van der Waals surface area contributed by atoms with Crippen molar-refractivity contribution >= 4 is 18.8 Å². The van der Waals surface area contributed by atoms with Gasteiger partial charge in [0.1, 0.15) is 5.60 Å². The first kappa shape index (κ1) is 15.1. The van der Waals surface area contributed by atoms with E-state index < -0.39 is 11.8 Å². The summed E-state index contributed by atoms with van der Waals surface area (Å²) in [4.78, 5) is 9.79. The van der Waals surface area contributed by atoms with Gasteiger partial charge in [-0.15, -0.1) is 0 Å². The van der Waals surface area contributed by atoms with E-state index in [4.69, 9.17) is 10.8 Å².